The van der Waals surface area contributed by atoms with Crippen LogP contribution in [0.25, 0.3) is 0 Å². The molecular weight excluding hydrogens is 492 g/mol. The standard InChI is InChI=1S/C32H34N2O5/c1-32(37,27-14-18-30(19-15-27)38-22-25-10-6-3-7-11-25)34(20-24-8-4-2-5-9-24)21-28(35)23-39-29-16-12-26(13-17-29)31(33)36/h2-19,28,35,37H,20-23H2,1H3,(H2,33,36). The molecule has 4 rings (SSSR count). The van der Waals surface area contributed by atoms with E-state index in [0.717, 1.165) is 11.1 Å². The van der Waals surface area contributed by atoms with E-state index in [1.54, 1.807) is 31.2 Å². The normalized spacial score (nSPS) is 13.4. The summed E-state index contributed by atoms with van der Waals surface area (Å²) in [5.41, 5.74) is 7.01. The van der Waals surface area contributed by atoms with Gasteiger partial charge < -0.3 is 25.4 Å². The van der Waals surface area contributed by atoms with Crippen LogP contribution in [0.1, 0.15) is 34.0 Å². The summed E-state index contributed by atoms with van der Waals surface area (Å²) in [6, 6.07) is 33.4. The molecule has 4 aromatic rings. The van der Waals surface area contributed by atoms with Crippen LogP contribution in [0, 0.1) is 0 Å². The molecule has 0 aliphatic rings. The third kappa shape index (κ3) is 7.91. The predicted molar refractivity (Wildman–Crippen MR) is 150 cm³/mol. The highest BCUT2D eigenvalue weighted by Gasteiger charge is 2.33. The van der Waals surface area contributed by atoms with Crippen LogP contribution < -0.4 is 15.2 Å². The fraction of sp³-hybridized carbons (Fsp3) is 0.219. The van der Waals surface area contributed by atoms with Crippen molar-refractivity contribution in [1.82, 2.24) is 4.90 Å². The molecule has 0 fully saturated rings. The first kappa shape index (κ1) is 27.9. The van der Waals surface area contributed by atoms with Gasteiger partial charge in [-0.05, 0) is 60.0 Å². The Morgan fingerprint density at radius 2 is 1.36 bits per heavy atom. The average molecular weight is 527 g/mol. The van der Waals surface area contributed by atoms with E-state index in [9.17, 15) is 15.0 Å². The monoisotopic (exact) mass is 526 g/mol. The number of aliphatic hydroxyl groups is 2. The summed E-state index contributed by atoms with van der Waals surface area (Å²) >= 11 is 0. The minimum Gasteiger partial charge on any atom is -0.491 e. The van der Waals surface area contributed by atoms with Crippen LogP contribution in [-0.2, 0) is 18.9 Å². The number of amides is 1. The van der Waals surface area contributed by atoms with Crippen LogP contribution in [0.4, 0.5) is 0 Å². The van der Waals surface area contributed by atoms with Gasteiger partial charge in [-0.25, -0.2) is 0 Å². The molecule has 0 saturated heterocycles. The zero-order valence-corrected chi connectivity index (χ0v) is 21.9. The second kappa shape index (κ2) is 13.1. The third-order valence-corrected chi connectivity index (χ3v) is 6.49. The third-order valence-electron chi connectivity index (χ3n) is 6.49. The molecule has 39 heavy (non-hydrogen) atoms. The molecule has 0 bridgehead atoms. The number of nitrogens with zero attached hydrogens (tertiary/aromatic N) is 1. The molecule has 7 heteroatoms. The van der Waals surface area contributed by atoms with E-state index < -0.39 is 17.7 Å². The zero-order chi connectivity index (χ0) is 27.7. The largest absolute Gasteiger partial charge is 0.491 e. The highest BCUT2D eigenvalue weighted by atomic mass is 16.5. The van der Waals surface area contributed by atoms with Gasteiger partial charge in [0.1, 0.15) is 36.5 Å². The molecule has 4 N–H and O–H groups in total. The number of hydrogen-bond acceptors (Lipinski definition) is 6. The Morgan fingerprint density at radius 1 is 0.821 bits per heavy atom. The lowest BCUT2D eigenvalue weighted by atomic mass is 10.0. The summed E-state index contributed by atoms with van der Waals surface area (Å²) in [5, 5.41) is 22.6. The molecular formula is C32H34N2O5. The van der Waals surface area contributed by atoms with Gasteiger partial charge in [0, 0.05) is 18.7 Å². The molecule has 0 aromatic heterocycles. The van der Waals surface area contributed by atoms with Crippen molar-refractivity contribution in [2.24, 2.45) is 5.73 Å². The van der Waals surface area contributed by atoms with Gasteiger partial charge in [-0.2, -0.15) is 0 Å². The first-order valence-corrected chi connectivity index (χ1v) is 12.8. The van der Waals surface area contributed by atoms with Crippen molar-refractivity contribution in [2.75, 3.05) is 13.2 Å². The van der Waals surface area contributed by atoms with Gasteiger partial charge in [-0.1, -0.05) is 72.8 Å². The highest BCUT2D eigenvalue weighted by Crippen LogP contribution is 2.29. The molecule has 7 nitrogen and oxygen atoms in total. The van der Waals surface area contributed by atoms with Crippen molar-refractivity contribution in [3.63, 3.8) is 0 Å². The Bertz CT molecular complexity index is 1310. The summed E-state index contributed by atoms with van der Waals surface area (Å²) in [5.74, 6) is 0.687. The van der Waals surface area contributed by atoms with E-state index in [1.165, 1.54) is 0 Å². The highest BCUT2D eigenvalue weighted by molar-refractivity contribution is 5.92. The maximum absolute atomic E-state index is 11.7. The molecule has 202 valence electrons. The molecule has 0 radical (unpaired) electrons. The van der Waals surface area contributed by atoms with Gasteiger partial charge in [0.15, 0.2) is 0 Å². The van der Waals surface area contributed by atoms with Gasteiger partial charge in [-0.15, -0.1) is 0 Å². The van der Waals surface area contributed by atoms with E-state index in [0.29, 0.717) is 35.8 Å². The number of rotatable bonds is 13. The molecule has 0 aliphatic heterocycles. The van der Waals surface area contributed by atoms with Crippen molar-refractivity contribution in [3.8, 4) is 11.5 Å². The van der Waals surface area contributed by atoms with E-state index in [1.807, 2.05) is 89.8 Å². The molecule has 2 atom stereocenters. The number of benzene rings is 4. The molecule has 0 spiro atoms. The van der Waals surface area contributed by atoms with Gasteiger partial charge in [0.2, 0.25) is 5.91 Å². The molecule has 0 saturated carbocycles. The number of nitrogens with two attached hydrogens (primary N) is 1. The maximum Gasteiger partial charge on any atom is 0.248 e. The summed E-state index contributed by atoms with van der Waals surface area (Å²) in [6.07, 6.45) is -0.899. The fourth-order valence-corrected chi connectivity index (χ4v) is 4.21. The molecule has 0 heterocycles. The second-order valence-corrected chi connectivity index (χ2v) is 9.54. The minimum atomic E-state index is -1.39. The Labute approximate surface area is 229 Å². The molecule has 4 aromatic carbocycles. The topological polar surface area (TPSA) is 105 Å². The lowest BCUT2D eigenvalue weighted by Crippen LogP contribution is -2.48. The van der Waals surface area contributed by atoms with Crippen molar-refractivity contribution in [3.05, 3.63) is 131 Å². The maximum atomic E-state index is 11.7. The van der Waals surface area contributed by atoms with Gasteiger partial charge in [0.25, 0.3) is 0 Å². The number of carbonyl (C=O) groups excluding carboxylic acids is 1. The Hall–Kier alpha value is -4.17. The first-order valence-electron chi connectivity index (χ1n) is 12.8. The van der Waals surface area contributed by atoms with Crippen molar-refractivity contribution < 1.29 is 24.5 Å². The van der Waals surface area contributed by atoms with Crippen molar-refractivity contribution in [1.29, 1.82) is 0 Å². The zero-order valence-electron chi connectivity index (χ0n) is 21.9. The van der Waals surface area contributed by atoms with E-state index in [-0.39, 0.29) is 13.2 Å². The van der Waals surface area contributed by atoms with Crippen LogP contribution in [0.3, 0.4) is 0 Å². The van der Waals surface area contributed by atoms with Crippen LogP contribution in [-0.4, -0.2) is 40.3 Å². The van der Waals surface area contributed by atoms with Gasteiger partial charge in [0.05, 0.1) is 0 Å². The fourth-order valence-electron chi connectivity index (χ4n) is 4.21. The second-order valence-electron chi connectivity index (χ2n) is 9.54. The van der Waals surface area contributed by atoms with E-state index >= 15 is 0 Å². The summed E-state index contributed by atoms with van der Waals surface area (Å²) in [6.45, 7) is 2.72. The number of primary amides is 1. The minimum absolute atomic E-state index is 0.00352. The predicted octanol–water partition coefficient (Wildman–Crippen LogP) is 4.47. The Balaban J connectivity index is 1.44. The average Bonchev–Trinajstić information content (AvgIpc) is 2.96. The Morgan fingerprint density at radius 3 is 1.95 bits per heavy atom. The molecule has 0 aliphatic carbocycles. The van der Waals surface area contributed by atoms with E-state index in [4.69, 9.17) is 15.2 Å². The lowest BCUT2D eigenvalue weighted by Gasteiger charge is -2.38. The number of carbonyl (C=O) groups is 1. The van der Waals surface area contributed by atoms with Crippen molar-refractivity contribution in [2.45, 2.75) is 31.9 Å². The van der Waals surface area contributed by atoms with Crippen LogP contribution >= 0.6 is 0 Å². The number of hydrogen-bond donors (Lipinski definition) is 3. The van der Waals surface area contributed by atoms with Gasteiger partial charge >= 0.3 is 0 Å². The lowest BCUT2D eigenvalue weighted by molar-refractivity contribution is -0.122. The molecule has 2 unspecified atom stereocenters. The van der Waals surface area contributed by atoms with Crippen molar-refractivity contribution >= 4 is 5.91 Å². The number of aliphatic hydroxyl groups excluding tert-OH is 1. The first-order chi connectivity index (χ1) is 18.8. The smallest absolute Gasteiger partial charge is 0.248 e. The summed E-state index contributed by atoms with van der Waals surface area (Å²) in [7, 11) is 0. The quantitative estimate of drug-likeness (QED) is 0.222. The Kier molecular flexibility index (Phi) is 9.33. The molecule has 1 amide bonds. The summed E-state index contributed by atoms with van der Waals surface area (Å²) < 4.78 is 11.6. The van der Waals surface area contributed by atoms with Crippen LogP contribution in [0.15, 0.2) is 109 Å². The van der Waals surface area contributed by atoms with E-state index in [2.05, 4.69) is 0 Å². The SMILES string of the molecule is CC(O)(c1ccc(OCc2ccccc2)cc1)N(Cc1ccccc1)CC(O)COc1ccc(C(N)=O)cc1. The van der Waals surface area contributed by atoms with Crippen LogP contribution in [0.5, 0.6) is 11.5 Å². The van der Waals surface area contributed by atoms with Crippen LogP contribution in [0.2, 0.25) is 0 Å². The summed E-state index contributed by atoms with van der Waals surface area (Å²) in [4.78, 5) is 13.1. The number of ether oxygens (including phenoxy) is 2. The van der Waals surface area contributed by atoms with Gasteiger partial charge in [-0.3, -0.25) is 9.69 Å².